The number of hydrogen-bond acceptors (Lipinski definition) is 5. The average molecular weight is 996 g/mol. The zero-order valence-electron chi connectivity index (χ0n) is 42.9. The number of para-hydroxylation sites is 4. The van der Waals surface area contributed by atoms with E-state index in [4.69, 9.17) is 9.15 Å². The van der Waals surface area contributed by atoms with Crippen LogP contribution in [-0.2, 0) is 10.8 Å². The Bertz CT molecular complexity index is 4540. The van der Waals surface area contributed by atoms with Crippen molar-refractivity contribution < 1.29 is 9.15 Å². The van der Waals surface area contributed by atoms with E-state index in [1.54, 1.807) is 0 Å². The lowest BCUT2D eigenvalue weighted by Gasteiger charge is -2.43. The van der Waals surface area contributed by atoms with Crippen LogP contribution < -0.4 is 25.5 Å². The Hall–Kier alpha value is -8.78. The minimum atomic E-state index is -0.377. The van der Waals surface area contributed by atoms with Gasteiger partial charge in [-0.1, -0.05) is 174 Å². The molecule has 3 aromatic heterocycles. The molecule has 5 nitrogen and oxygen atoms in total. The van der Waals surface area contributed by atoms with Crippen LogP contribution in [0.2, 0.25) is 0 Å². The van der Waals surface area contributed by atoms with Crippen molar-refractivity contribution in [2.45, 2.75) is 45.4 Å². The van der Waals surface area contributed by atoms with Gasteiger partial charge in [0.1, 0.15) is 17.1 Å². The SMILES string of the molecule is CC(C)(C)c1ccc(N2c3cc4c(cc3B3c5c(cc6c(sc7ccccc76)c52)-c2ccc(N(c5ccccc5)c5ccccc5)c5c6c7ccccc7oc6n3c25)C(C)(C)c2ccccc2O4)c(-c2ccccc2)c1. The van der Waals surface area contributed by atoms with Crippen LogP contribution in [0.3, 0.4) is 0 Å². The van der Waals surface area contributed by atoms with Crippen LogP contribution in [0.4, 0.5) is 34.1 Å². The van der Waals surface area contributed by atoms with Crippen LogP contribution in [0.25, 0.3) is 75.4 Å². The van der Waals surface area contributed by atoms with E-state index in [1.807, 2.05) is 11.3 Å². The Morgan fingerprint density at radius 3 is 2.00 bits per heavy atom. The molecule has 0 amide bonds. The third-order valence-corrected chi connectivity index (χ3v) is 17.9. The molecule has 6 heterocycles. The minimum Gasteiger partial charge on any atom is -0.457 e. The van der Waals surface area contributed by atoms with Crippen LogP contribution in [0.1, 0.15) is 51.3 Å². The first-order valence-corrected chi connectivity index (χ1v) is 27.3. The summed E-state index contributed by atoms with van der Waals surface area (Å²) in [6.45, 7) is 11.3. The summed E-state index contributed by atoms with van der Waals surface area (Å²) in [6, 6.07) is 78.1. The molecule has 7 heteroatoms. The first kappa shape index (κ1) is 43.6. The lowest BCUT2D eigenvalue weighted by molar-refractivity contribution is 0.418. The number of anilines is 6. The molecule has 0 N–H and O–H groups in total. The summed E-state index contributed by atoms with van der Waals surface area (Å²) in [4.78, 5) is 5.05. The first-order chi connectivity index (χ1) is 37.1. The Labute approximate surface area is 445 Å². The van der Waals surface area contributed by atoms with E-state index in [0.29, 0.717) is 0 Å². The van der Waals surface area contributed by atoms with E-state index in [-0.39, 0.29) is 17.7 Å². The van der Waals surface area contributed by atoms with Gasteiger partial charge >= 0.3 is 6.85 Å². The maximum Gasteiger partial charge on any atom is 0.336 e. The molecule has 76 heavy (non-hydrogen) atoms. The van der Waals surface area contributed by atoms with E-state index in [9.17, 15) is 0 Å². The number of nitrogens with zero attached hydrogens (tertiary/aromatic N) is 3. The summed E-state index contributed by atoms with van der Waals surface area (Å²) in [6.07, 6.45) is 0. The number of fused-ring (bicyclic) bond motifs is 15. The normalized spacial score (nSPS) is 14.0. The second-order valence-corrected chi connectivity index (χ2v) is 23.4. The summed E-state index contributed by atoms with van der Waals surface area (Å²) < 4.78 is 19.7. The molecule has 0 bridgehead atoms. The van der Waals surface area contributed by atoms with Gasteiger partial charge in [0, 0.05) is 82.6 Å². The van der Waals surface area contributed by atoms with Gasteiger partial charge in [0.25, 0.3) is 0 Å². The van der Waals surface area contributed by atoms with Crippen molar-refractivity contribution in [2.75, 3.05) is 9.80 Å². The van der Waals surface area contributed by atoms with Crippen molar-refractivity contribution >= 4 is 116 Å². The number of hydrogen-bond donors (Lipinski definition) is 0. The van der Waals surface area contributed by atoms with Gasteiger partial charge in [-0.2, -0.15) is 0 Å². The molecule has 362 valence electrons. The summed E-state index contributed by atoms with van der Waals surface area (Å²) in [7, 11) is 0. The molecule has 0 unspecified atom stereocenters. The molecule has 0 saturated carbocycles. The third-order valence-electron chi connectivity index (χ3n) is 16.7. The molecule has 0 fully saturated rings. The van der Waals surface area contributed by atoms with Gasteiger partial charge in [-0.25, -0.2) is 0 Å². The van der Waals surface area contributed by atoms with E-state index in [1.165, 1.54) is 70.2 Å². The topological polar surface area (TPSA) is 33.8 Å². The van der Waals surface area contributed by atoms with Crippen molar-refractivity contribution in [3.63, 3.8) is 0 Å². The molecule has 10 aromatic carbocycles. The largest absolute Gasteiger partial charge is 0.457 e. The number of benzene rings is 10. The van der Waals surface area contributed by atoms with Gasteiger partial charge in [-0.05, 0) is 99.8 Å². The van der Waals surface area contributed by atoms with Crippen LogP contribution in [0.5, 0.6) is 11.5 Å². The van der Waals surface area contributed by atoms with Crippen LogP contribution >= 0.6 is 11.3 Å². The molecule has 3 aliphatic heterocycles. The van der Waals surface area contributed by atoms with E-state index >= 15 is 0 Å². The van der Waals surface area contributed by atoms with Gasteiger partial charge in [0.15, 0.2) is 5.71 Å². The fourth-order valence-electron chi connectivity index (χ4n) is 13.2. The highest BCUT2D eigenvalue weighted by atomic mass is 32.1. The van der Waals surface area contributed by atoms with Crippen molar-refractivity contribution in [1.82, 2.24) is 4.48 Å². The summed E-state index contributed by atoms with van der Waals surface area (Å²) in [5.74, 6) is 1.77. The van der Waals surface area contributed by atoms with Crippen LogP contribution in [-0.4, -0.2) is 11.3 Å². The molecule has 0 radical (unpaired) electrons. The molecular formula is C69H50BN3O2S. The predicted octanol–water partition coefficient (Wildman–Crippen LogP) is 18.2. The minimum absolute atomic E-state index is 0.0829. The van der Waals surface area contributed by atoms with Crippen molar-refractivity contribution in [2.24, 2.45) is 0 Å². The monoisotopic (exact) mass is 995 g/mol. The number of aromatic nitrogens is 1. The fraction of sp³-hybridized carbons (Fsp3) is 0.101. The second kappa shape index (κ2) is 15.6. The van der Waals surface area contributed by atoms with Gasteiger partial charge in [-0.15, -0.1) is 11.3 Å². The van der Waals surface area contributed by atoms with Crippen molar-refractivity contribution in [3.05, 3.63) is 229 Å². The van der Waals surface area contributed by atoms with Gasteiger partial charge in [-0.3, -0.25) is 0 Å². The standard InChI is InChI=1S/C69H50BN3O2S/c1-68(2,3)42-33-35-54(48(37-42)41-21-9-6-10-22-41)72-56-40-59-52(69(4,5)51-29-17-19-31-58(51)74-59)39-53(56)70-63-49(38-50-45-27-16-20-32-60(45)76-66(50)65(63)72)46-34-36-55(71(43-23-11-7-12-24-43)44-25-13-8-14-26-44)62-61-47-28-15-18-30-57(47)75-67(61)73(70)64(46)62/h6-40H,1-5H3. The number of ether oxygens (including phenoxy) is 1. The molecule has 16 rings (SSSR count). The molecule has 0 aliphatic carbocycles. The van der Waals surface area contributed by atoms with Crippen LogP contribution in [0, 0.1) is 0 Å². The Morgan fingerprint density at radius 2 is 1.24 bits per heavy atom. The summed E-state index contributed by atoms with van der Waals surface area (Å²) in [5.41, 5.74) is 19.9. The molecular weight excluding hydrogens is 946 g/mol. The summed E-state index contributed by atoms with van der Waals surface area (Å²) >= 11 is 1.90. The Balaban J connectivity index is 1.11. The number of thiophene rings is 1. The maximum atomic E-state index is 7.40. The van der Waals surface area contributed by atoms with Gasteiger partial charge < -0.3 is 23.4 Å². The molecule has 13 aromatic rings. The lowest BCUT2D eigenvalue weighted by atomic mass is 9.44. The van der Waals surface area contributed by atoms with E-state index < -0.39 is 0 Å². The van der Waals surface area contributed by atoms with E-state index in [2.05, 4.69) is 261 Å². The molecule has 0 atom stereocenters. The van der Waals surface area contributed by atoms with Gasteiger partial charge in [0.2, 0.25) is 0 Å². The van der Waals surface area contributed by atoms with Gasteiger partial charge in [0.05, 0.1) is 27.1 Å². The van der Waals surface area contributed by atoms with Crippen molar-refractivity contribution in [1.29, 1.82) is 0 Å². The third kappa shape index (κ3) is 5.97. The summed E-state index contributed by atoms with van der Waals surface area (Å²) in [5, 5.41) is 5.88. The highest BCUT2D eigenvalue weighted by molar-refractivity contribution is 7.26. The second-order valence-electron chi connectivity index (χ2n) is 22.4. The highest BCUT2D eigenvalue weighted by Crippen LogP contribution is 2.57. The van der Waals surface area contributed by atoms with Crippen LogP contribution in [0.15, 0.2) is 217 Å². The number of rotatable bonds is 5. The Morgan fingerprint density at radius 1 is 0.553 bits per heavy atom. The molecule has 0 spiro atoms. The average Bonchev–Trinajstić information content (AvgIpc) is 4.19. The zero-order chi connectivity index (χ0) is 50.8. The Kier molecular flexibility index (Phi) is 8.97. The fourth-order valence-corrected chi connectivity index (χ4v) is 14.4. The zero-order valence-corrected chi connectivity index (χ0v) is 43.7. The predicted molar refractivity (Wildman–Crippen MR) is 320 cm³/mol. The maximum absolute atomic E-state index is 7.40. The smallest absolute Gasteiger partial charge is 0.336 e. The highest BCUT2D eigenvalue weighted by Gasteiger charge is 2.48. The quantitative estimate of drug-likeness (QED) is 0.161. The lowest BCUT2D eigenvalue weighted by Crippen LogP contribution is -2.57. The van der Waals surface area contributed by atoms with E-state index in [0.717, 1.165) is 78.5 Å². The molecule has 0 saturated heterocycles. The molecule has 3 aliphatic rings. The van der Waals surface area contributed by atoms with Crippen molar-refractivity contribution in [3.8, 4) is 33.8 Å². The number of furan rings is 1. The first-order valence-electron chi connectivity index (χ1n) is 26.4.